The number of rotatable bonds is 2. The van der Waals surface area contributed by atoms with Gasteiger partial charge < -0.3 is 14.7 Å². The minimum atomic E-state index is -0.972. The van der Waals surface area contributed by atoms with Gasteiger partial charge in [0.25, 0.3) is 0 Å². The normalized spacial score (nSPS) is 22.4. The van der Waals surface area contributed by atoms with Gasteiger partial charge in [-0.15, -0.1) is 0 Å². The molecule has 0 aromatic carbocycles. The van der Waals surface area contributed by atoms with Crippen LogP contribution in [0.2, 0.25) is 0 Å². The van der Waals surface area contributed by atoms with Crippen LogP contribution in [0.3, 0.4) is 0 Å². The quantitative estimate of drug-likeness (QED) is 0.706. The van der Waals surface area contributed by atoms with Crippen molar-refractivity contribution in [1.29, 1.82) is 0 Å². The maximum Gasteiger partial charge on any atom is 0.338 e. The highest BCUT2D eigenvalue weighted by atomic mass is 16.5. The molecule has 0 saturated heterocycles. The topological polar surface area (TPSA) is 49.8 Å². The van der Waals surface area contributed by atoms with Gasteiger partial charge in [-0.1, -0.05) is 6.08 Å². The Morgan fingerprint density at radius 2 is 2.31 bits per heavy atom. The highest BCUT2D eigenvalue weighted by Crippen LogP contribution is 2.24. The van der Waals surface area contributed by atoms with Crippen molar-refractivity contribution in [2.45, 2.75) is 13.2 Å². The molecule has 1 N–H and O–H groups in total. The second-order valence-electron chi connectivity index (χ2n) is 3.42. The van der Waals surface area contributed by atoms with Gasteiger partial charge in [-0.3, -0.25) is 0 Å². The van der Waals surface area contributed by atoms with Crippen LogP contribution in [0, 0.1) is 0 Å². The van der Waals surface area contributed by atoms with Crippen LogP contribution in [-0.4, -0.2) is 28.8 Å². The summed E-state index contributed by atoms with van der Waals surface area (Å²) in [5.74, 6) is -0.478. The smallest absolute Gasteiger partial charge is 0.338 e. The molecule has 2 heterocycles. The van der Waals surface area contributed by atoms with E-state index in [2.05, 4.69) is 0 Å². The predicted octanol–water partition coefficient (Wildman–Crippen LogP) is 1.08. The fourth-order valence-electron chi connectivity index (χ4n) is 1.63. The number of ether oxygens (including phenoxy) is 1. The summed E-state index contributed by atoms with van der Waals surface area (Å²) in [7, 11) is 0. The Hall–Kier alpha value is -1.81. The molecule has 0 saturated carbocycles. The second-order valence-corrected chi connectivity index (χ2v) is 3.42. The minimum Gasteiger partial charge on any atom is -0.463 e. The zero-order valence-electron chi connectivity index (χ0n) is 8.96. The van der Waals surface area contributed by atoms with Crippen molar-refractivity contribution >= 4 is 5.97 Å². The minimum absolute atomic E-state index is 0.255. The molecule has 1 atom stereocenters. The number of hydrogen-bond acceptors (Lipinski definition) is 4. The van der Waals surface area contributed by atoms with Crippen molar-refractivity contribution in [3.8, 4) is 0 Å². The van der Waals surface area contributed by atoms with Crippen LogP contribution in [0.15, 0.2) is 47.9 Å². The van der Waals surface area contributed by atoms with Crippen molar-refractivity contribution in [3.05, 3.63) is 47.9 Å². The molecule has 0 aromatic heterocycles. The van der Waals surface area contributed by atoms with Crippen LogP contribution in [0.4, 0.5) is 0 Å². The van der Waals surface area contributed by atoms with E-state index in [1.807, 2.05) is 12.2 Å². The number of carbonyl (C=O) groups is 1. The standard InChI is InChI=1S/C12H13NO3/c1-2-16-12(15)10-7-6-9-5-3-4-8-13(9)11(10)14/h3-8,11,14H,2H2,1H3/t11-/m0/s1. The first-order valence-electron chi connectivity index (χ1n) is 5.14. The molecule has 84 valence electrons. The summed E-state index contributed by atoms with van der Waals surface area (Å²) in [6.45, 7) is 2.04. The molecule has 16 heavy (non-hydrogen) atoms. The molecular weight excluding hydrogens is 206 g/mol. The Morgan fingerprint density at radius 3 is 3.06 bits per heavy atom. The van der Waals surface area contributed by atoms with Crippen molar-refractivity contribution < 1.29 is 14.6 Å². The first kappa shape index (κ1) is 10.7. The number of allylic oxidation sites excluding steroid dienone is 5. The average Bonchev–Trinajstić information content (AvgIpc) is 2.30. The maximum atomic E-state index is 11.5. The molecule has 2 aliphatic rings. The molecule has 2 aliphatic heterocycles. The van der Waals surface area contributed by atoms with E-state index in [1.165, 1.54) is 0 Å². The lowest BCUT2D eigenvalue weighted by Crippen LogP contribution is -2.37. The number of nitrogens with zero attached hydrogens (tertiary/aromatic N) is 1. The van der Waals surface area contributed by atoms with Gasteiger partial charge in [-0.2, -0.15) is 0 Å². The van der Waals surface area contributed by atoms with Crippen LogP contribution >= 0.6 is 0 Å². The molecule has 4 nitrogen and oxygen atoms in total. The highest BCUT2D eigenvalue weighted by molar-refractivity contribution is 5.90. The first-order valence-corrected chi connectivity index (χ1v) is 5.14. The number of hydrogen-bond donors (Lipinski definition) is 1. The second kappa shape index (κ2) is 4.37. The lowest BCUT2D eigenvalue weighted by Gasteiger charge is -2.32. The van der Waals surface area contributed by atoms with Crippen LogP contribution < -0.4 is 0 Å². The Morgan fingerprint density at radius 1 is 1.50 bits per heavy atom. The van der Waals surface area contributed by atoms with Gasteiger partial charge in [0.2, 0.25) is 0 Å². The molecule has 0 unspecified atom stereocenters. The number of fused-ring (bicyclic) bond motifs is 1. The molecule has 4 heteroatoms. The van der Waals surface area contributed by atoms with Gasteiger partial charge in [0.15, 0.2) is 6.23 Å². The third kappa shape index (κ3) is 1.79. The van der Waals surface area contributed by atoms with Crippen molar-refractivity contribution in [3.63, 3.8) is 0 Å². The van der Waals surface area contributed by atoms with Gasteiger partial charge >= 0.3 is 5.97 Å². The summed E-state index contributed by atoms with van der Waals surface area (Å²) in [4.78, 5) is 13.2. The Kier molecular flexibility index (Phi) is 2.92. The summed E-state index contributed by atoms with van der Waals surface area (Å²) < 4.78 is 4.87. The van der Waals surface area contributed by atoms with E-state index in [0.29, 0.717) is 6.61 Å². The van der Waals surface area contributed by atoms with Gasteiger partial charge in [0.05, 0.1) is 12.2 Å². The zero-order valence-corrected chi connectivity index (χ0v) is 8.96. The highest BCUT2D eigenvalue weighted by Gasteiger charge is 2.28. The lowest BCUT2D eigenvalue weighted by molar-refractivity contribution is -0.140. The summed E-state index contributed by atoms with van der Waals surface area (Å²) in [5.41, 5.74) is 1.11. The zero-order chi connectivity index (χ0) is 11.5. The summed E-state index contributed by atoms with van der Waals surface area (Å²) >= 11 is 0. The molecule has 0 radical (unpaired) electrons. The lowest BCUT2D eigenvalue weighted by atomic mass is 10.1. The molecular formula is C12H13NO3. The van der Waals surface area contributed by atoms with Crippen molar-refractivity contribution in [1.82, 2.24) is 4.90 Å². The summed E-state index contributed by atoms with van der Waals surface area (Å²) in [5, 5.41) is 9.99. The van der Waals surface area contributed by atoms with Gasteiger partial charge in [-0.05, 0) is 31.2 Å². The van der Waals surface area contributed by atoms with Crippen LogP contribution in [0.1, 0.15) is 6.92 Å². The van der Waals surface area contributed by atoms with E-state index >= 15 is 0 Å². The molecule has 0 amide bonds. The summed E-state index contributed by atoms with van der Waals surface area (Å²) in [6, 6.07) is 0. The molecule has 0 spiro atoms. The third-order valence-corrected chi connectivity index (χ3v) is 2.41. The Bertz CT molecular complexity index is 418. The predicted molar refractivity (Wildman–Crippen MR) is 58.9 cm³/mol. The average molecular weight is 219 g/mol. The number of aliphatic hydroxyl groups is 1. The Labute approximate surface area is 93.8 Å². The van der Waals surface area contributed by atoms with E-state index in [4.69, 9.17) is 4.74 Å². The SMILES string of the molecule is CCOC(=O)C1=CC=C2C=CC=CN2[C@H]1O. The fraction of sp³-hybridized carbons (Fsp3) is 0.250. The Balaban J connectivity index is 2.25. The van der Waals surface area contributed by atoms with Crippen LogP contribution in [0.5, 0.6) is 0 Å². The molecule has 0 fully saturated rings. The molecule has 0 aromatic rings. The number of carbonyl (C=O) groups excluding carboxylic acids is 1. The van der Waals surface area contributed by atoms with Crippen molar-refractivity contribution in [2.24, 2.45) is 0 Å². The number of aliphatic hydroxyl groups excluding tert-OH is 1. The van der Waals surface area contributed by atoms with Crippen molar-refractivity contribution in [2.75, 3.05) is 6.61 Å². The molecule has 2 rings (SSSR count). The van der Waals surface area contributed by atoms with E-state index in [1.54, 1.807) is 36.3 Å². The largest absolute Gasteiger partial charge is 0.463 e. The monoisotopic (exact) mass is 219 g/mol. The van der Waals surface area contributed by atoms with Crippen LogP contribution in [-0.2, 0) is 9.53 Å². The fourth-order valence-corrected chi connectivity index (χ4v) is 1.63. The maximum absolute atomic E-state index is 11.5. The van der Waals surface area contributed by atoms with Gasteiger partial charge in [-0.25, -0.2) is 4.79 Å². The summed E-state index contributed by atoms with van der Waals surface area (Å²) in [6.07, 6.45) is 9.66. The van der Waals surface area contributed by atoms with E-state index in [-0.39, 0.29) is 5.57 Å². The van der Waals surface area contributed by atoms with Gasteiger partial charge in [0, 0.05) is 11.9 Å². The van der Waals surface area contributed by atoms with E-state index in [0.717, 1.165) is 5.70 Å². The van der Waals surface area contributed by atoms with Crippen LogP contribution in [0.25, 0.3) is 0 Å². The third-order valence-electron chi connectivity index (χ3n) is 2.41. The number of esters is 1. The van der Waals surface area contributed by atoms with E-state index in [9.17, 15) is 9.90 Å². The first-order chi connectivity index (χ1) is 7.74. The molecule has 0 bridgehead atoms. The van der Waals surface area contributed by atoms with Gasteiger partial charge in [0.1, 0.15) is 0 Å². The van der Waals surface area contributed by atoms with E-state index < -0.39 is 12.2 Å². The molecule has 0 aliphatic carbocycles.